The Hall–Kier alpha value is -1.62. The van der Waals surface area contributed by atoms with Crippen molar-refractivity contribution >= 4 is 11.0 Å². The quantitative estimate of drug-likeness (QED) is 0.818. The van der Waals surface area contributed by atoms with E-state index in [1.807, 2.05) is 23.7 Å². The predicted octanol–water partition coefficient (Wildman–Crippen LogP) is 2.45. The van der Waals surface area contributed by atoms with E-state index in [1.165, 1.54) is 6.42 Å². The van der Waals surface area contributed by atoms with Gasteiger partial charge in [0.25, 0.3) is 0 Å². The molecule has 18 heavy (non-hydrogen) atoms. The van der Waals surface area contributed by atoms with Crippen LogP contribution in [0, 0.1) is 6.92 Å². The second kappa shape index (κ2) is 4.57. The number of rotatable bonds is 2. The van der Waals surface area contributed by atoms with E-state index in [9.17, 15) is 0 Å². The Morgan fingerprint density at radius 3 is 3.00 bits per heavy atom. The molecule has 1 atom stereocenters. The summed E-state index contributed by atoms with van der Waals surface area (Å²) in [5.74, 6) is 0.620. The third kappa shape index (κ3) is 1.84. The molecule has 3 rings (SSSR count). The molecule has 3 heterocycles. The Labute approximate surface area is 106 Å². The number of aryl methyl sites for hydroxylation is 1. The van der Waals surface area contributed by atoms with Gasteiger partial charge in [-0.1, -0.05) is 0 Å². The van der Waals surface area contributed by atoms with Crippen molar-refractivity contribution in [3.8, 4) is 5.88 Å². The molecule has 2 aromatic rings. The maximum atomic E-state index is 5.78. The third-order valence-electron chi connectivity index (χ3n) is 3.33. The maximum absolute atomic E-state index is 5.78. The number of hydrogen-bond donors (Lipinski definition) is 0. The molecule has 5 heteroatoms. The highest BCUT2D eigenvalue weighted by atomic mass is 16.5. The summed E-state index contributed by atoms with van der Waals surface area (Å²) >= 11 is 0. The first-order valence-electron chi connectivity index (χ1n) is 6.31. The highest BCUT2D eigenvalue weighted by Crippen LogP contribution is 2.28. The first-order valence-corrected chi connectivity index (χ1v) is 6.31. The maximum Gasteiger partial charge on any atom is 0.213 e. The van der Waals surface area contributed by atoms with Crippen LogP contribution in [0.25, 0.3) is 11.0 Å². The van der Waals surface area contributed by atoms with Crippen LogP contribution in [0.2, 0.25) is 0 Å². The van der Waals surface area contributed by atoms with E-state index in [2.05, 4.69) is 10.1 Å². The fourth-order valence-electron chi connectivity index (χ4n) is 2.40. The summed E-state index contributed by atoms with van der Waals surface area (Å²) in [6.45, 7) is 2.78. The minimum atomic E-state index is 0.0464. The normalized spacial score (nSPS) is 20.2. The van der Waals surface area contributed by atoms with Crippen molar-refractivity contribution in [1.82, 2.24) is 14.8 Å². The van der Waals surface area contributed by atoms with Crippen LogP contribution in [0.3, 0.4) is 0 Å². The lowest BCUT2D eigenvalue weighted by molar-refractivity contribution is -0.0368. The third-order valence-corrected chi connectivity index (χ3v) is 3.33. The van der Waals surface area contributed by atoms with Crippen LogP contribution in [-0.4, -0.2) is 28.5 Å². The molecule has 96 valence electrons. The zero-order valence-corrected chi connectivity index (χ0v) is 10.7. The molecule has 0 amide bonds. The van der Waals surface area contributed by atoms with E-state index in [0.717, 1.165) is 36.2 Å². The van der Waals surface area contributed by atoms with Crippen molar-refractivity contribution in [2.45, 2.75) is 32.4 Å². The number of ether oxygens (including phenoxy) is 2. The van der Waals surface area contributed by atoms with Gasteiger partial charge in [0.05, 0.1) is 18.3 Å². The lowest BCUT2D eigenvalue weighted by atomic mass is 10.2. The fraction of sp³-hybridized carbons (Fsp3) is 0.538. The molecular formula is C13H17N3O2. The average molecular weight is 247 g/mol. The van der Waals surface area contributed by atoms with Gasteiger partial charge in [-0.3, -0.25) is 0 Å². The SMILES string of the molecule is COc1ccc2c(n1)c(C)nn2C1CCCCO1. The molecule has 1 fully saturated rings. The van der Waals surface area contributed by atoms with Gasteiger partial charge in [-0.2, -0.15) is 5.10 Å². The van der Waals surface area contributed by atoms with Gasteiger partial charge in [0.2, 0.25) is 5.88 Å². The zero-order valence-electron chi connectivity index (χ0n) is 10.7. The van der Waals surface area contributed by atoms with Crippen molar-refractivity contribution in [3.63, 3.8) is 0 Å². The van der Waals surface area contributed by atoms with Crippen LogP contribution in [0.5, 0.6) is 5.88 Å². The summed E-state index contributed by atoms with van der Waals surface area (Å²) in [5.41, 5.74) is 2.82. The molecule has 0 spiro atoms. The van der Waals surface area contributed by atoms with E-state index in [4.69, 9.17) is 9.47 Å². The molecular weight excluding hydrogens is 230 g/mol. The Balaban J connectivity index is 2.07. The number of hydrogen-bond acceptors (Lipinski definition) is 4. The summed E-state index contributed by atoms with van der Waals surface area (Å²) in [6.07, 6.45) is 3.39. The number of fused-ring (bicyclic) bond motifs is 1. The van der Waals surface area contributed by atoms with Gasteiger partial charge < -0.3 is 9.47 Å². The van der Waals surface area contributed by atoms with Gasteiger partial charge in [-0.15, -0.1) is 0 Å². The summed E-state index contributed by atoms with van der Waals surface area (Å²) in [4.78, 5) is 4.45. The molecule has 2 aromatic heterocycles. The molecule has 0 N–H and O–H groups in total. The van der Waals surface area contributed by atoms with E-state index < -0.39 is 0 Å². The molecule has 0 radical (unpaired) electrons. The summed E-state index contributed by atoms with van der Waals surface area (Å²) in [6, 6.07) is 3.86. The van der Waals surface area contributed by atoms with E-state index in [1.54, 1.807) is 7.11 Å². The van der Waals surface area contributed by atoms with E-state index in [0.29, 0.717) is 5.88 Å². The molecule has 0 aliphatic carbocycles. The van der Waals surface area contributed by atoms with Crippen molar-refractivity contribution in [2.24, 2.45) is 0 Å². The van der Waals surface area contributed by atoms with Crippen LogP contribution in [0.1, 0.15) is 31.2 Å². The first kappa shape index (κ1) is 11.5. The van der Waals surface area contributed by atoms with Gasteiger partial charge in [0.15, 0.2) is 6.23 Å². The smallest absolute Gasteiger partial charge is 0.213 e. The van der Waals surface area contributed by atoms with Crippen LogP contribution in [0.4, 0.5) is 0 Å². The molecule has 1 unspecified atom stereocenters. The van der Waals surface area contributed by atoms with Gasteiger partial charge in [0.1, 0.15) is 5.52 Å². The molecule has 0 saturated carbocycles. The van der Waals surface area contributed by atoms with Gasteiger partial charge >= 0.3 is 0 Å². The van der Waals surface area contributed by atoms with E-state index >= 15 is 0 Å². The topological polar surface area (TPSA) is 49.2 Å². The number of pyridine rings is 1. The average Bonchev–Trinajstić information content (AvgIpc) is 2.77. The first-order chi connectivity index (χ1) is 8.79. The molecule has 1 aliphatic rings. The van der Waals surface area contributed by atoms with Crippen molar-refractivity contribution in [2.75, 3.05) is 13.7 Å². The van der Waals surface area contributed by atoms with Gasteiger partial charge in [-0.05, 0) is 32.3 Å². The number of methoxy groups -OCH3 is 1. The predicted molar refractivity (Wildman–Crippen MR) is 67.7 cm³/mol. The summed E-state index contributed by atoms with van der Waals surface area (Å²) in [7, 11) is 1.62. The highest BCUT2D eigenvalue weighted by molar-refractivity contribution is 5.78. The van der Waals surface area contributed by atoms with Crippen LogP contribution in [-0.2, 0) is 4.74 Å². The van der Waals surface area contributed by atoms with Gasteiger partial charge in [0, 0.05) is 12.7 Å². The Kier molecular flexibility index (Phi) is 2.91. The molecule has 1 aliphatic heterocycles. The van der Waals surface area contributed by atoms with Crippen LogP contribution < -0.4 is 4.74 Å². The van der Waals surface area contributed by atoms with Crippen LogP contribution in [0.15, 0.2) is 12.1 Å². The molecule has 0 aromatic carbocycles. The molecule has 0 bridgehead atoms. The summed E-state index contributed by atoms with van der Waals surface area (Å²) < 4.78 is 12.9. The second-order valence-corrected chi connectivity index (χ2v) is 4.57. The largest absolute Gasteiger partial charge is 0.481 e. The highest BCUT2D eigenvalue weighted by Gasteiger charge is 2.20. The van der Waals surface area contributed by atoms with E-state index in [-0.39, 0.29) is 6.23 Å². The Bertz CT molecular complexity index is 559. The number of nitrogens with zero attached hydrogens (tertiary/aromatic N) is 3. The van der Waals surface area contributed by atoms with Crippen molar-refractivity contribution in [1.29, 1.82) is 0 Å². The van der Waals surface area contributed by atoms with Crippen LogP contribution >= 0.6 is 0 Å². The second-order valence-electron chi connectivity index (χ2n) is 4.57. The standard InChI is InChI=1S/C13H17N3O2/c1-9-13-10(6-7-11(14-13)17-2)16(15-9)12-5-3-4-8-18-12/h6-7,12H,3-5,8H2,1-2H3. The van der Waals surface area contributed by atoms with Gasteiger partial charge in [-0.25, -0.2) is 9.67 Å². The minimum Gasteiger partial charge on any atom is -0.481 e. The number of aromatic nitrogens is 3. The zero-order chi connectivity index (χ0) is 12.5. The fourth-order valence-corrected chi connectivity index (χ4v) is 2.40. The molecule has 5 nitrogen and oxygen atoms in total. The Morgan fingerprint density at radius 1 is 1.39 bits per heavy atom. The lowest BCUT2D eigenvalue weighted by Crippen LogP contribution is -2.19. The van der Waals surface area contributed by atoms with Crippen molar-refractivity contribution in [3.05, 3.63) is 17.8 Å². The summed E-state index contributed by atoms with van der Waals surface area (Å²) in [5, 5.41) is 4.56. The monoisotopic (exact) mass is 247 g/mol. The minimum absolute atomic E-state index is 0.0464. The Morgan fingerprint density at radius 2 is 2.28 bits per heavy atom. The lowest BCUT2D eigenvalue weighted by Gasteiger charge is -2.23. The van der Waals surface area contributed by atoms with Crippen molar-refractivity contribution < 1.29 is 9.47 Å². The molecule has 1 saturated heterocycles.